The van der Waals surface area contributed by atoms with Gasteiger partial charge in [-0.25, -0.2) is 0 Å². The minimum absolute atomic E-state index is 0.0296. The Labute approximate surface area is 168 Å². The third-order valence-electron chi connectivity index (χ3n) is 4.24. The van der Waals surface area contributed by atoms with E-state index in [9.17, 15) is 4.79 Å². The van der Waals surface area contributed by atoms with Crippen LogP contribution in [0.3, 0.4) is 0 Å². The van der Waals surface area contributed by atoms with Crippen LogP contribution in [0.5, 0.6) is 5.75 Å². The fourth-order valence-electron chi connectivity index (χ4n) is 2.81. The molecule has 0 saturated heterocycles. The molecule has 138 valence electrons. The average molecular weight is 400 g/mol. The molecule has 0 amide bonds. The predicted octanol–water partition coefficient (Wildman–Crippen LogP) is 6.43. The summed E-state index contributed by atoms with van der Waals surface area (Å²) in [6, 6.07) is 21.9. The van der Waals surface area contributed by atoms with Crippen LogP contribution in [-0.2, 0) is 0 Å². The van der Waals surface area contributed by atoms with Crippen molar-refractivity contribution >= 4 is 34.7 Å². The van der Waals surface area contributed by atoms with Crippen molar-refractivity contribution < 1.29 is 9.53 Å². The minimum Gasteiger partial charge on any atom is -0.497 e. The molecular weight excluding hydrogens is 381 g/mol. The first-order valence-electron chi connectivity index (χ1n) is 8.50. The van der Waals surface area contributed by atoms with E-state index in [4.69, 9.17) is 27.9 Å². The number of methoxy groups -OCH3 is 1. The van der Waals surface area contributed by atoms with E-state index in [0.717, 1.165) is 17.0 Å². The maximum atomic E-state index is 12.8. The van der Waals surface area contributed by atoms with E-state index in [1.807, 2.05) is 48.5 Å². The number of ether oxygens (including phenoxy) is 1. The van der Waals surface area contributed by atoms with E-state index in [-0.39, 0.29) is 11.8 Å². The zero-order valence-corrected chi connectivity index (χ0v) is 16.3. The smallest absolute Gasteiger partial charge is 0.165 e. The maximum absolute atomic E-state index is 12.8. The molecule has 0 aromatic heterocycles. The summed E-state index contributed by atoms with van der Waals surface area (Å²) in [7, 11) is 1.63. The minimum atomic E-state index is -0.211. The van der Waals surface area contributed by atoms with E-state index >= 15 is 0 Å². The number of halogens is 2. The highest BCUT2D eigenvalue weighted by molar-refractivity contribution is 6.31. The van der Waals surface area contributed by atoms with Gasteiger partial charge in [-0.15, -0.1) is 0 Å². The van der Waals surface area contributed by atoms with Gasteiger partial charge >= 0.3 is 0 Å². The van der Waals surface area contributed by atoms with Gasteiger partial charge in [-0.1, -0.05) is 41.4 Å². The number of Topliss-reactive ketones (excluding diaryl/α,β-unsaturated/α-hetero) is 1. The number of anilines is 1. The molecule has 0 aliphatic heterocycles. The van der Waals surface area contributed by atoms with Crippen molar-refractivity contribution in [1.29, 1.82) is 0 Å². The first kappa shape index (κ1) is 19.3. The van der Waals surface area contributed by atoms with Crippen molar-refractivity contribution in [2.24, 2.45) is 0 Å². The number of nitrogens with one attached hydrogen (secondary N) is 1. The van der Waals surface area contributed by atoms with Gasteiger partial charge in [-0.3, -0.25) is 4.79 Å². The van der Waals surface area contributed by atoms with E-state index in [0.29, 0.717) is 22.0 Å². The maximum Gasteiger partial charge on any atom is 0.165 e. The lowest BCUT2D eigenvalue weighted by molar-refractivity contribution is 0.0976. The molecule has 3 nitrogen and oxygen atoms in total. The molecule has 1 N–H and O–H groups in total. The summed E-state index contributed by atoms with van der Waals surface area (Å²) < 4.78 is 5.23. The number of carbonyl (C=O) groups is 1. The quantitative estimate of drug-likeness (QED) is 0.465. The molecule has 0 fully saturated rings. The molecule has 1 atom stereocenters. The highest BCUT2D eigenvalue weighted by Crippen LogP contribution is 2.27. The Bertz CT molecular complexity index is 908. The molecule has 27 heavy (non-hydrogen) atoms. The molecule has 3 rings (SSSR count). The normalized spacial score (nSPS) is 11.7. The molecule has 0 spiro atoms. The Morgan fingerprint density at radius 2 is 1.67 bits per heavy atom. The first-order chi connectivity index (χ1) is 13.0. The van der Waals surface area contributed by atoms with Crippen LogP contribution < -0.4 is 10.1 Å². The number of hydrogen-bond acceptors (Lipinski definition) is 3. The van der Waals surface area contributed by atoms with Gasteiger partial charge < -0.3 is 10.1 Å². The summed E-state index contributed by atoms with van der Waals surface area (Å²) in [5, 5.41) is 4.66. The summed E-state index contributed by atoms with van der Waals surface area (Å²) in [5.41, 5.74) is 2.47. The summed E-state index contributed by atoms with van der Waals surface area (Å²) in [4.78, 5) is 12.8. The molecule has 0 aliphatic rings. The monoisotopic (exact) mass is 399 g/mol. The van der Waals surface area contributed by atoms with Gasteiger partial charge in [0, 0.05) is 27.7 Å². The van der Waals surface area contributed by atoms with E-state index in [1.165, 1.54) is 0 Å². The van der Waals surface area contributed by atoms with Gasteiger partial charge in [0.1, 0.15) is 5.75 Å². The lowest BCUT2D eigenvalue weighted by atomic mass is 9.97. The summed E-state index contributed by atoms with van der Waals surface area (Å²) in [6.07, 6.45) is 0.292. The third-order valence-corrected chi connectivity index (χ3v) is 4.73. The fraction of sp³-hybridized carbons (Fsp3) is 0.136. The van der Waals surface area contributed by atoms with Crippen LogP contribution in [0.25, 0.3) is 0 Å². The summed E-state index contributed by atoms with van der Waals surface area (Å²) in [6.45, 7) is 0. The number of ketones is 1. The van der Waals surface area contributed by atoms with Crippen LogP contribution >= 0.6 is 23.2 Å². The van der Waals surface area contributed by atoms with E-state index in [2.05, 4.69) is 5.32 Å². The Hall–Kier alpha value is -2.49. The van der Waals surface area contributed by atoms with Crippen LogP contribution in [-0.4, -0.2) is 12.9 Å². The lowest BCUT2D eigenvalue weighted by Crippen LogP contribution is -2.16. The van der Waals surface area contributed by atoms with Gasteiger partial charge in [0.05, 0.1) is 13.2 Å². The zero-order valence-electron chi connectivity index (χ0n) is 14.8. The van der Waals surface area contributed by atoms with Crippen molar-refractivity contribution in [3.8, 4) is 5.75 Å². The first-order valence-corrected chi connectivity index (χ1v) is 9.25. The van der Waals surface area contributed by atoms with Gasteiger partial charge in [0.25, 0.3) is 0 Å². The second kappa shape index (κ2) is 8.94. The van der Waals surface area contributed by atoms with Crippen molar-refractivity contribution in [2.45, 2.75) is 12.5 Å². The molecule has 0 radical (unpaired) electrons. The average Bonchev–Trinajstić information content (AvgIpc) is 2.68. The van der Waals surface area contributed by atoms with Crippen molar-refractivity contribution in [3.63, 3.8) is 0 Å². The van der Waals surface area contributed by atoms with Crippen LogP contribution in [0.2, 0.25) is 10.0 Å². The topological polar surface area (TPSA) is 38.3 Å². The highest BCUT2D eigenvalue weighted by Gasteiger charge is 2.18. The zero-order chi connectivity index (χ0) is 19.2. The molecular formula is C22H19Cl2NO2. The number of rotatable bonds is 7. The van der Waals surface area contributed by atoms with Crippen molar-refractivity contribution in [3.05, 3.63) is 94.0 Å². The van der Waals surface area contributed by atoms with Gasteiger partial charge in [0.15, 0.2) is 5.78 Å². The van der Waals surface area contributed by atoms with Gasteiger partial charge in [-0.2, -0.15) is 0 Å². The van der Waals surface area contributed by atoms with Crippen molar-refractivity contribution in [2.75, 3.05) is 12.4 Å². The number of benzene rings is 3. The van der Waals surface area contributed by atoms with Crippen LogP contribution in [0.15, 0.2) is 72.8 Å². The second-order valence-corrected chi connectivity index (χ2v) is 6.99. The molecule has 5 heteroatoms. The molecule has 0 heterocycles. The number of hydrogen-bond donors (Lipinski definition) is 1. The molecule has 3 aromatic carbocycles. The summed E-state index contributed by atoms with van der Waals surface area (Å²) in [5.74, 6) is 0.797. The molecule has 0 bridgehead atoms. The highest BCUT2D eigenvalue weighted by atomic mass is 35.5. The van der Waals surface area contributed by atoms with E-state index in [1.54, 1.807) is 31.4 Å². The Kier molecular flexibility index (Phi) is 6.38. The molecule has 0 saturated carbocycles. The van der Waals surface area contributed by atoms with Crippen LogP contribution in [0, 0.1) is 0 Å². The molecule has 0 aliphatic carbocycles. The van der Waals surface area contributed by atoms with Crippen LogP contribution in [0.1, 0.15) is 28.4 Å². The lowest BCUT2D eigenvalue weighted by Gasteiger charge is -2.20. The Morgan fingerprint density at radius 1 is 0.963 bits per heavy atom. The Balaban J connectivity index is 1.85. The van der Waals surface area contributed by atoms with Crippen molar-refractivity contribution in [1.82, 2.24) is 0 Å². The second-order valence-electron chi connectivity index (χ2n) is 6.11. The number of carbonyl (C=O) groups excluding carboxylic acids is 1. The fourth-order valence-corrected chi connectivity index (χ4v) is 3.12. The van der Waals surface area contributed by atoms with E-state index < -0.39 is 0 Å². The predicted molar refractivity (Wildman–Crippen MR) is 111 cm³/mol. The molecule has 1 unspecified atom stereocenters. The van der Waals surface area contributed by atoms with Crippen LogP contribution in [0.4, 0.5) is 5.69 Å². The summed E-state index contributed by atoms with van der Waals surface area (Å²) >= 11 is 12.0. The molecule has 3 aromatic rings. The Morgan fingerprint density at radius 3 is 2.30 bits per heavy atom. The van der Waals surface area contributed by atoms with Gasteiger partial charge in [0.2, 0.25) is 0 Å². The van der Waals surface area contributed by atoms with Gasteiger partial charge in [-0.05, 0) is 60.2 Å². The standard InChI is InChI=1S/C22H19Cl2NO2/c1-27-20-11-7-15(8-12-20)21(25-19-4-2-3-18(24)13-19)14-22(26)16-5-9-17(23)10-6-16/h2-13,21,25H,14H2,1H3. The largest absolute Gasteiger partial charge is 0.497 e. The SMILES string of the molecule is COc1ccc(C(CC(=O)c2ccc(Cl)cc2)Nc2cccc(Cl)c2)cc1. The third kappa shape index (κ3) is 5.25.